The summed E-state index contributed by atoms with van der Waals surface area (Å²) >= 11 is 0. The minimum Gasteiger partial charge on any atom is -0.507 e. The number of benzene rings is 6. The van der Waals surface area contributed by atoms with Crippen molar-refractivity contribution in [1.29, 1.82) is 0 Å². The van der Waals surface area contributed by atoms with E-state index in [0.717, 1.165) is 32.7 Å². The van der Waals surface area contributed by atoms with E-state index in [4.69, 9.17) is 0 Å². The maximum atomic E-state index is 11.9. The summed E-state index contributed by atoms with van der Waals surface area (Å²) in [7, 11) is 0. The molecule has 0 spiro atoms. The Hall–Kier alpha value is -4.64. The van der Waals surface area contributed by atoms with Gasteiger partial charge < -0.3 is 20.8 Å². The second-order valence-electron chi connectivity index (χ2n) is 11.0. The van der Waals surface area contributed by atoms with Gasteiger partial charge >= 0.3 is 0 Å². The Balaban J connectivity index is 1.44. The van der Waals surface area contributed by atoms with Crippen molar-refractivity contribution in [2.75, 3.05) is 0 Å². The lowest BCUT2D eigenvalue weighted by atomic mass is 9.88. The van der Waals surface area contributed by atoms with Crippen molar-refractivity contribution in [3.63, 3.8) is 0 Å². The molecule has 0 aliphatic heterocycles. The number of aromatic hydroxyl groups is 2. The Morgan fingerprint density at radius 2 is 0.857 bits per heavy atom. The Bertz CT molecular complexity index is 1700. The molecule has 0 fully saturated rings. The fourth-order valence-electron chi connectivity index (χ4n) is 5.81. The van der Waals surface area contributed by atoms with Gasteiger partial charge in [-0.2, -0.15) is 0 Å². The van der Waals surface area contributed by atoms with Gasteiger partial charge in [0.2, 0.25) is 0 Å². The molecule has 0 saturated heterocycles. The normalized spacial score (nSPS) is 12.9. The molecular formula is C38H36N2O2. The van der Waals surface area contributed by atoms with E-state index in [0.29, 0.717) is 24.2 Å². The summed E-state index contributed by atoms with van der Waals surface area (Å²) in [6.45, 7) is 5.21. The molecule has 4 N–H and O–H groups in total. The van der Waals surface area contributed by atoms with Gasteiger partial charge in [0.05, 0.1) is 0 Å². The zero-order valence-electron chi connectivity index (χ0n) is 24.0. The van der Waals surface area contributed by atoms with E-state index >= 15 is 0 Å². The molecule has 0 amide bonds. The highest BCUT2D eigenvalue weighted by atomic mass is 16.3. The highest BCUT2D eigenvalue weighted by molar-refractivity contribution is 6.10. The first-order valence-electron chi connectivity index (χ1n) is 14.6. The van der Waals surface area contributed by atoms with Crippen molar-refractivity contribution in [3.8, 4) is 22.6 Å². The average molecular weight is 553 g/mol. The third kappa shape index (κ3) is 5.47. The average Bonchev–Trinajstić information content (AvgIpc) is 3.04. The van der Waals surface area contributed by atoms with E-state index < -0.39 is 0 Å². The van der Waals surface area contributed by atoms with Crippen LogP contribution in [-0.2, 0) is 13.1 Å². The molecule has 4 nitrogen and oxygen atoms in total. The standard InChI is InChI=1S/C38H36N2O2/c1-25(27-13-5-3-6-14-27)39-23-31-21-29-17-9-11-19-33(29)35(37(31)41)36-34-20-12-10-18-30(34)22-32(38(36)42)24-40-26(2)28-15-7-4-8-16-28/h3-22,25-26,39-42H,23-24H2,1-2H3/t25-,26-/m1/s1. The third-order valence-corrected chi connectivity index (χ3v) is 8.25. The van der Waals surface area contributed by atoms with E-state index in [-0.39, 0.29) is 23.6 Å². The molecule has 6 rings (SSSR count). The van der Waals surface area contributed by atoms with Crippen LogP contribution < -0.4 is 10.6 Å². The van der Waals surface area contributed by atoms with Crippen molar-refractivity contribution in [1.82, 2.24) is 10.6 Å². The number of phenols is 2. The zero-order chi connectivity index (χ0) is 29.1. The van der Waals surface area contributed by atoms with Crippen LogP contribution in [0.5, 0.6) is 11.5 Å². The molecular weight excluding hydrogens is 516 g/mol. The van der Waals surface area contributed by atoms with Crippen LogP contribution in [0, 0.1) is 0 Å². The van der Waals surface area contributed by atoms with Gasteiger partial charge in [-0.25, -0.2) is 0 Å². The van der Waals surface area contributed by atoms with Crippen LogP contribution >= 0.6 is 0 Å². The predicted molar refractivity (Wildman–Crippen MR) is 174 cm³/mol. The van der Waals surface area contributed by atoms with Gasteiger partial charge in [0.1, 0.15) is 11.5 Å². The number of hydrogen-bond acceptors (Lipinski definition) is 4. The smallest absolute Gasteiger partial charge is 0.128 e. The molecule has 0 heterocycles. The first-order chi connectivity index (χ1) is 20.5. The molecule has 42 heavy (non-hydrogen) atoms. The Kier molecular flexibility index (Phi) is 7.91. The van der Waals surface area contributed by atoms with Crippen molar-refractivity contribution >= 4 is 21.5 Å². The van der Waals surface area contributed by atoms with Gasteiger partial charge in [0.25, 0.3) is 0 Å². The Labute approximate surface area is 247 Å². The van der Waals surface area contributed by atoms with Crippen LogP contribution in [0.1, 0.15) is 48.2 Å². The lowest BCUT2D eigenvalue weighted by Gasteiger charge is -2.21. The molecule has 0 aliphatic carbocycles. The van der Waals surface area contributed by atoms with Gasteiger partial charge in [0, 0.05) is 47.4 Å². The van der Waals surface area contributed by atoms with E-state index in [9.17, 15) is 10.2 Å². The molecule has 0 bridgehead atoms. The third-order valence-electron chi connectivity index (χ3n) is 8.25. The minimum atomic E-state index is 0.107. The molecule has 6 aromatic rings. The molecule has 6 aromatic carbocycles. The fourth-order valence-corrected chi connectivity index (χ4v) is 5.81. The SMILES string of the molecule is C[C@@H](NCc1cc2ccccc2c(-c2c(O)c(CN[C@H](C)c3ccccc3)cc3ccccc23)c1O)c1ccccc1. The van der Waals surface area contributed by atoms with E-state index in [2.05, 4.69) is 60.9 Å². The number of nitrogens with one attached hydrogen (secondary N) is 2. The molecule has 0 saturated carbocycles. The van der Waals surface area contributed by atoms with Crippen LogP contribution in [-0.4, -0.2) is 10.2 Å². The lowest BCUT2D eigenvalue weighted by molar-refractivity contribution is 0.455. The molecule has 0 radical (unpaired) electrons. The first-order valence-corrected chi connectivity index (χ1v) is 14.6. The summed E-state index contributed by atoms with van der Waals surface area (Å²) in [4.78, 5) is 0. The summed E-state index contributed by atoms with van der Waals surface area (Å²) in [5.41, 5.74) is 5.26. The topological polar surface area (TPSA) is 64.5 Å². The van der Waals surface area contributed by atoms with Crippen LogP contribution in [0.3, 0.4) is 0 Å². The number of hydrogen-bond donors (Lipinski definition) is 4. The lowest BCUT2D eigenvalue weighted by Crippen LogP contribution is -2.18. The van der Waals surface area contributed by atoms with Gasteiger partial charge in [-0.1, -0.05) is 109 Å². The molecule has 2 atom stereocenters. The molecule has 0 aliphatic rings. The first kappa shape index (κ1) is 27.5. The van der Waals surface area contributed by atoms with E-state index in [1.165, 1.54) is 11.1 Å². The highest BCUT2D eigenvalue weighted by Crippen LogP contribution is 2.47. The molecule has 4 heteroatoms. The highest BCUT2D eigenvalue weighted by Gasteiger charge is 2.22. The van der Waals surface area contributed by atoms with Crippen molar-refractivity contribution in [3.05, 3.63) is 144 Å². The monoisotopic (exact) mass is 552 g/mol. The van der Waals surface area contributed by atoms with E-state index in [1.54, 1.807) is 0 Å². The maximum Gasteiger partial charge on any atom is 0.128 e. The van der Waals surface area contributed by atoms with Crippen molar-refractivity contribution in [2.24, 2.45) is 0 Å². The summed E-state index contributed by atoms with van der Waals surface area (Å²) in [5.74, 6) is 0.370. The number of phenolic OH excluding ortho intramolecular Hbond substituents is 2. The molecule has 210 valence electrons. The van der Waals surface area contributed by atoms with Crippen molar-refractivity contribution < 1.29 is 10.2 Å². The van der Waals surface area contributed by atoms with Gasteiger partial charge in [0.15, 0.2) is 0 Å². The quantitative estimate of drug-likeness (QED) is 0.145. The van der Waals surface area contributed by atoms with Crippen LogP contribution in [0.4, 0.5) is 0 Å². The summed E-state index contributed by atoms with van der Waals surface area (Å²) in [5, 5.41) is 34.8. The maximum absolute atomic E-state index is 11.9. The fraction of sp³-hybridized carbons (Fsp3) is 0.158. The van der Waals surface area contributed by atoms with Crippen LogP contribution in [0.2, 0.25) is 0 Å². The van der Waals surface area contributed by atoms with Crippen LogP contribution in [0.15, 0.2) is 121 Å². The van der Waals surface area contributed by atoms with E-state index in [1.807, 2.05) is 84.9 Å². The zero-order valence-corrected chi connectivity index (χ0v) is 24.0. The Morgan fingerprint density at radius 3 is 1.26 bits per heavy atom. The summed E-state index contributed by atoms with van der Waals surface area (Å²) in [6, 6.07) is 41.0. The molecule has 0 aromatic heterocycles. The Morgan fingerprint density at radius 1 is 0.500 bits per heavy atom. The second kappa shape index (κ2) is 12.1. The van der Waals surface area contributed by atoms with Gasteiger partial charge in [-0.15, -0.1) is 0 Å². The number of fused-ring (bicyclic) bond motifs is 2. The largest absolute Gasteiger partial charge is 0.507 e. The molecule has 0 unspecified atom stereocenters. The minimum absolute atomic E-state index is 0.107. The summed E-state index contributed by atoms with van der Waals surface area (Å²) < 4.78 is 0. The van der Waals surface area contributed by atoms with Crippen molar-refractivity contribution in [2.45, 2.75) is 39.0 Å². The van der Waals surface area contributed by atoms with Gasteiger partial charge in [-0.05, 0) is 58.7 Å². The number of rotatable bonds is 9. The van der Waals surface area contributed by atoms with Gasteiger partial charge in [-0.3, -0.25) is 0 Å². The van der Waals surface area contributed by atoms with Crippen LogP contribution in [0.25, 0.3) is 32.7 Å². The summed E-state index contributed by atoms with van der Waals surface area (Å²) in [6.07, 6.45) is 0. The predicted octanol–water partition coefficient (Wildman–Crippen LogP) is 8.77. The second-order valence-corrected chi connectivity index (χ2v) is 11.0.